The number of hydrogen-bond donors (Lipinski definition) is 2. The molecule has 0 aliphatic carbocycles. The predicted octanol–water partition coefficient (Wildman–Crippen LogP) is 3.84. The number of nitrogens with one attached hydrogen (secondary N) is 1. The Morgan fingerprint density at radius 2 is 1.43 bits per heavy atom. The first-order chi connectivity index (χ1) is 14.8. The van der Waals surface area contributed by atoms with Gasteiger partial charge in [-0.05, 0) is 24.3 Å². The lowest BCUT2D eigenvalue weighted by Gasteiger charge is -2.14. The topological polar surface area (TPSA) is 99.5 Å². The lowest BCUT2D eigenvalue weighted by Crippen LogP contribution is -2.07. The van der Waals surface area contributed by atoms with Gasteiger partial charge in [0.25, 0.3) is 0 Å². The summed E-state index contributed by atoms with van der Waals surface area (Å²) in [6.07, 6.45) is 1.58. The van der Waals surface area contributed by atoms with Gasteiger partial charge >= 0.3 is 0 Å². The van der Waals surface area contributed by atoms with Crippen LogP contribution >= 0.6 is 0 Å². The molecule has 0 radical (unpaired) electrons. The molecule has 0 unspecified atom stereocenters. The van der Waals surface area contributed by atoms with Gasteiger partial charge in [0.05, 0.1) is 17.1 Å². The van der Waals surface area contributed by atoms with Gasteiger partial charge < -0.3 is 11.1 Å². The van der Waals surface area contributed by atoms with E-state index in [0.717, 1.165) is 28.5 Å². The molecule has 3 N–H and O–H groups in total. The largest absolute Gasteiger partial charge is 0.368 e. The molecule has 0 aliphatic heterocycles. The molecule has 0 fully saturated rings. The summed E-state index contributed by atoms with van der Waals surface area (Å²) < 4.78 is 3.70. The van der Waals surface area contributed by atoms with E-state index in [9.17, 15) is 0 Å². The first-order valence-corrected chi connectivity index (χ1v) is 9.39. The maximum atomic E-state index is 5.96. The van der Waals surface area contributed by atoms with E-state index in [1.807, 2.05) is 89.5 Å². The third kappa shape index (κ3) is 3.16. The van der Waals surface area contributed by atoms with Crippen molar-refractivity contribution < 1.29 is 0 Å². The normalized spacial score (nSPS) is 10.8. The number of hydrogen-bond acceptors (Lipinski definition) is 6. The predicted molar refractivity (Wildman–Crippen MR) is 116 cm³/mol. The summed E-state index contributed by atoms with van der Waals surface area (Å²) in [5.74, 6) is 1.63. The molecule has 0 spiro atoms. The Morgan fingerprint density at radius 3 is 2.17 bits per heavy atom. The van der Waals surface area contributed by atoms with Crippen LogP contribution in [-0.2, 0) is 0 Å². The Labute approximate surface area is 172 Å². The molecule has 0 saturated carbocycles. The number of anilines is 3. The van der Waals surface area contributed by atoms with Crippen LogP contribution in [0.4, 0.5) is 17.6 Å². The summed E-state index contributed by atoms with van der Waals surface area (Å²) in [5, 5.41) is 20.1. The van der Waals surface area contributed by atoms with Crippen LogP contribution in [0.1, 0.15) is 0 Å². The molecule has 5 rings (SSSR count). The highest BCUT2D eigenvalue weighted by Crippen LogP contribution is 2.29. The minimum Gasteiger partial charge on any atom is -0.368 e. The van der Waals surface area contributed by atoms with Crippen LogP contribution in [0, 0.1) is 0 Å². The SMILES string of the molecule is Nc1nncn1-c1ccccc1Nc1nnc(-c2ccccc2)n1-c1ccccc1. The molecule has 0 aliphatic rings. The molecule has 0 atom stereocenters. The molecule has 8 nitrogen and oxygen atoms in total. The van der Waals surface area contributed by atoms with Crippen LogP contribution in [0.5, 0.6) is 0 Å². The Bertz CT molecular complexity index is 1280. The molecule has 2 heterocycles. The summed E-state index contributed by atoms with van der Waals surface area (Å²) >= 11 is 0. The zero-order valence-electron chi connectivity index (χ0n) is 15.9. The summed E-state index contributed by atoms with van der Waals surface area (Å²) in [5.41, 5.74) is 9.49. The van der Waals surface area contributed by atoms with Crippen molar-refractivity contribution in [3.8, 4) is 22.8 Å². The molecule has 0 amide bonds. The Balaban J connectivity index is 1.64. The van der Waals surface area contributed by atoms with Gasteiger partial charge in [-0.15, -0.1) is 20.4 Å². The van der Waals surface area contributed by atoms with E-state index in [-0.39, 0.29) is 0 Å². The third-order valence-corrected chi connectivity index (χ3v) is 4.69. The van der Waals surface area contributed by atoms with Crippen molar-refractivity contribution >= 4 is 17.6 Å². The van der Waals surface area contributed by atoms with E-state index in [4.69, 9.17) is 5.73 Å². The number of nitrogen functional groups attached to an aromatic ring is 1. The number of nitrogens with zero attached hydrogens (tertiary/aromatic N) is 6. The van der Waals surface area contributed by atoms with Crippen LogP contribution in [0.15, 0.2) is 91.3 Å². The molecule has 30 heavy (non-hydrogen) atoms. The number of rotatable bonds is 5. The number of nitrogens with two attached hydrogens (primary N) is 1. The molecule has 3 aromatic carbocycles. The van der Waals surface area contributed by atoms with Gasteiger partial charge in [-0.3, -0.25) is 9.13 Å². The highest BCUT2D eigenvalue weighted by atomic mass is 15.4. The van der Waals surface area contributed by atoms with Crippen LogP contribution in [0.3, 0.4) is 0 Å². The smallest absolute Gasteiger partial charge is 0.234 e. The average Bonchev–Trinajstić information content (AvgIpc) is 3.42. The number of para-hydroxylation sites is 3. The summed E-state index contributed by atoms with van der Waals surface area (Å²) in [7, 11) is 0. The standard InChI is InChI=1S/C22H18N8/c23-21-27-24-15-29(21)19-14-8-7-13-18(19)25-22-28-26-20(16-9-3-1-4-10-16)30(22)17-11-5-2-6-12-17/h1-15H,(H2,23,27)(H,25,28). The second-order valence-electron chi connectivity index (χ2n) is 6.59. The molecular formula is C22H18N8. The fraction of sp³-hybridized carbons (Fsp3) is 0. The number of benzene rings is 3. The van der Waals surface area contributed by atoms with Crippen molar-refractivity contribution in [3.63, 3.8) is 0 Å². The molecule has 5 aromatic rings. The van der Waals surface area contributed by atoms with Crippen LogP contribution < -0.4 is 11.1 Å². The van der Waals surface area contributed by atoms with Gasteiger partial charge in [0.15, 0.2) is 5.82 Å². The third-order valence-electron chi connectivity index (χ3n) is 4.69. The van der Waals surface area contributed by atoms with Crippen molar-refractivity contribution in [2.24, 2.45) is 0 Å². The van der Waals surface area contributed by atoms with Gasteiger partial charge in [-0.1, -0.05) is 60.7 Å². The van der Waals surface area contributed by atoms with Gasteiger partial charge in [0.1, 0.15) is 6.33 Å². The van der Waals surface area contributed by atoms with Crippen molar-refractivity contribution in [1.29, 1.82) is 0 Å². The second kappa shape index (κ2) is 7.51. The quantitative estimate of drug-likeness (QED) is 0.470. The van der Waals surface area contributed by atoms with Gasteiger partial charge in [0, 0.05) is 5.56 Å². The first-order valence-electron chi connectivity index (χ1n) is 9.39. The zero-order valence-corrected chi connectivity index (χ0v) is 15.9. The minimum absolute atomic E-state index is 0.304. The van der Waals surface area contributed by atoms with E-state index in [2.05, 4.69) is 25.7 Å². The maximum Gasteiger partial charge on any atom is 0.234 e. The van der Waals surface area contributed by atoms with E-state index in [1.54, 1.807) is 10.9 Å². The zero-order chi connectivity index (χ0) is 20.3. The Kier molecular flexibility index (Phi) is 4.41. The maximum absolute atomic E-state index is 5.96. The molecule has 146 valence electrons. The Morgan fingerprint density at radius 1 is 0.733 bits per heavy atom. The van der Waals surface area contributed by atoms with Crippen LogP contribution in [0.2, 0.25) is 0 Å². The van der Waals surface area contributed by atoms with Gasteiger partial charge in [-0.25, -0.2) is 0 Å². The van der Waals surface area contributed by atoms with E-state index in [0.29, 0.717) is 11.9 Å². The molecule has 2 aromatic heterocycles. The minimum atomic E-state index is 0.304. The highest BCUT2D eigenvalue weighted by molar-refractivity contribution is 5.70. The van der Waals surface area contributed by atoms with Gasteiger partial charge in [-0.2, -0.15) is 0 Å². The van der Waals surface area contributed by atoms with E-state index in [1.165, 1.54) is 0 Å². The van der Waals surface area contributed by atoms with E-state index < -0.39 is 0 Å². The lowest BCUT2D eigenvalue weighted by atomic mass is 10.2. The summed E-state index contributed by atoms with van der Waals surface area (Å²) in [4.78, 5) is 0. The first kappa shape index (κ1) is 17.6. The average molecular weight is 394 g/mol. The van der Waals surface area contributed by atoms with E-state index >= 15 is 0 Å². The molecule has 0 bridgehead atoms. The lowest BCUT2D eigenvalue weighted by molar-refractivity contribution is 1.05. The van der Waals surface area contributed by atoms with Crippen molar-refractivity contribution in [2.45, 2.75) is 0 Å². The fourth-order valence-corrected chi connectivity index (χ4v) is 3.30. The molecular weight excluding hydrogens is 376 g/mol. The van der Waals surface area contributed by atoms with Gasteiger partial charge in [0.2, 0.25) is 11.9 Å². The Hall–Kier alpha value is -4.46. The summed E-state index contributed by atoms with van der Waals surface area (Å²) in [6.45, 7) is 0. The molecule has 8 heteroatoms. The van der Waals surface area contributed by atoms with Crippen LogP contribution in [0.25, 0.3) is 22.8 Å². The second-order valence-corrected chi connectivity index (χ2v) is 6.59. The van der Waals surface area contributed by atoms with Crippen molar-refractivity contribution in [1.82, 2.24) is 29.5 Å². The van der Waals surface area contributed by atoms with Crippen molar-refractivity contribution in [2.75, 3.05) is 11.1 Å². The molecule has 0 saturated heterocycles. The monoisotopic (exact) mass is 394 g/mol. The highest BCUT2D eigenvalue weighted by Gasteiger charge is 2.17. The fourth-order valence-electron chi connectivity index (χ4n) is 3.30. The summed E-state index contributed by atoms with van der Waals surface area (Å²) in [6, 6.07) is 27.7. The van der Waals surface area contributed by atoms with Crippen molar-refractivity contribution in [3.05, 3.63) is 91.3 Å². The number of aromatic nitrogens is 6. The van der Waals surface area contributed by atoms with Crippen LogP contribution in [-0.4, -0.2) is 29.5 Å².